The van der Waals surface area contributed by atoms with Crippen molar-refractivity contribution in [1.29, 1.82) is 0 Å². The molecular formula is C21H18Cl2N2O2S. The van der Waals surface area contributed by atoms with Crippen LogP contribution < -0.4 is 4.72 Å². The minimum Gasteiger partial charge on any atom is -0.279 e. The van der Waals surface area contributed by atoms with E-state index in [2.05, 4.69) is 9.71 Å². The van der Waals surface area contributed by atoms with E-state index in [4.69, 9.17) is 23.2 Å². The fraction of sp³-hybridized carbons (Fsp3) is 0.0952. The summed E-state index contributed by atoms with van der Waals surface area (Å²) in [5.74, 6) is 0. The Morgan fingerprint density at radius 3 is 2.36 bits per heavy atom. The predicted molar refractivity (Wildman–Crippen MR) is 117 cm³/mol. The first kappa shape index (κ1) is 20.4. The summed E-state index contributed by atoms with van der Waals surface area (Å²) in [7, 11) is -3.69. The van der Waals surface area contributed by atoms with Crippen LogP contribution in [0.25, 0.3) is 0 Å². The topological polar surface area (TPSA) is 58.5 Å². The van der Waals surface area contributed by atoms with Crippen molar-refractivity contribution in [3.8, 4) is 0 Å². The van der Waals surface area contributed by atoms with Crippen molar-refractivity contribution in [1.82, 2.24) is 0 Å². The van der Waals surface area contributed by atoms with E-state index < -0.39 is 10.0 Å². The molecule has 144 valence electrons. The summed E-state index contributed by atoms with van der Waals surface area (Å²) in [6.45, 7) is 3.82. The number of sulfonamides is 1. The van der Waals surface area contributed by atoms with Gasteiger partial charge in [-0.2, -0.15) is 0 Å². The second kappa shape index (κ2) is 8.35. The molecule has 0 unspecified atom stereocenters. The number of hydrogen-bond acceptors (Lipinski definition) is 3. The lowest BCUT2D eigenvalue weighted by atomic mass is 10.1. The maximum absolute atomic E-state index is 12.6. The molecule has 0 heterocycles. The molecule has 0 saturated carbocycles. The molecule has 0 aliphatic rings. The molecule has 0 bridgehead atoms. The van der Waals surface area contributed by atoms with Gasteiger partial charge in [-0.05, 0) is 55.8 Å². The standard InChI is InChI=1S/C21H18Cl2N2O2S/c1-14-6-11-20(15(2)12-14)25-28(26,27)18-9-7-17(8-10-18)24-13-16-4-3-5-19(22)21(16)23/h3-13,25H,1-2H3. The van der Waals surface area contributed by atoms with Crippen molar-refractivity contribution in [2.45, 2.75) is 18.7 Å². The Hall–Kier alpha value is -2.34. The van der Waals surface area contributed by atoms with Gasteiger partial charge in [0.2, 0.25) is 0 Å². The van der Waals surface area contributed by atoms with Gasteiger partial charge < -0.3 is 0 Å². The highest BCUT2D eigenvalue weighted by atomic mass is 35.5. The number of nitrogens with one attached hydrogen (secondary N) is 1. The lowest BCUT2D eigenvalue weighted by Crippen LogP contribution is -2.13. The van der Waals surface area contributed by atoms with Crippen LogP contribution in [0.1, 0.15) is 16.7 Å². The van der Waals surface area contributed by atoms with Crippen molar-refractivity contribution in [2.75, 3.05) is 4.72 Å². The highest BCUT2D eigenvalue weighted by molar-refractivity contribution is 7.92. The van der Waals surface area contributed by atoms with Crippen LogP contribution in [-0.2, 0) is 10.0 Å². The average Bonchev–Trinajstić information content (AvgIpc) is 2.65. The largest absolute Gasteiger partial charge is 0.279 e. The third kappa shape index (κ3) is 4.73. The molecule has 0 aromatic heterocycles. The van der Waals surface area contributed by atoms with E-state index in [0.29, 0.717) is 27.0 Å². The summed E-state index contributed by atoms with van der Waals surface area (Å²) in [4.78, 5) is 4.49. The molecule has 28 heavy (non-hydrogen) atoms. The molecule has 4 nitrogen and oxygen atoms in total. The minimum absolute atomic E-state index is 0.159. The second-order valence-corrected chi connectivity index (χ2v) is 8.79. The van der Waals surface area contributed by atoms with Gasteiger partial charge in [-0.1, -0.05) is 53.0 Å². The Balaban J connectivity index is 1.79. The summed E-state index contributed by atoms with van der Waals surface area (Å²) in [5.41, 5.74) is 3.78. The number of aryl methyl sites for hydroxylation is 2. The highest BCUT2D eigenvalue weighted by Gasteiger charge is 2.15. The van der Waals surface area contributed by atoms with E-state index in [1.807, 2.05) is 26.0 Å². The highest BCUT2D eigenvalue weighted by Crippen LogP contribution is 2.26. The fourth-order valence-electron chi connectivity index (χ4n) is 2.61. The zero-order chi connectivity index (χ0) is 20.3. The maximum Gasteiger partial charge on any atom is 0.261 e. The molecule has 0 saturated heterocycles. The Labute approximate surface area is 174 Å². The molecule has 0 spiro atoms. The molecule has 3 aromatic carbocycles. The van der Waals surface area contributed by atoms with Gasteiger partial charge in [0.1, 0.15) is 0 Å². The maximum atomic E-state index is 12.6. The van der Waals surface area contributed by atoms with Gasteiger partial charge in [-0.25, -0.2) is 8.42 Å². The number of benzene rings is 3. The third-order valence-electron chi connectivity index (χ3n) is 4.11. The van der Waals surface area contributed by atoms with E-state index in [9.17, 15) is 8.42 Å². The number of anilines is 1. The average molecular weight is 433 g/mol. The first-order chi connectivity index (χ1) is 13.3. The van der Waals surface area contributed by atoms with Gasteiger partial charge in [0.15, 0.2) is 0 Å². The van der Waals surface area contributed by atoms with Crippen LogP contribution in [0.15, 0.2) is 70.6 Å². The number of nitrogens with zero attached hydrogens (tertiary/aromatic N) is 1. The first-order valence-corrected chi connectivity index (χ1v) is 10.7. The van der Waals surface area contributed by atoms with E-state index >= 15 is 0 Å². The summed E-state index contributed by atoms with van der Waals surface area (Å²) >= 11 is 12.1. The van der Waals surface area contributed by atoms with Gasteiger partial charge in [-0.3, -0.25) is 9.71 Å². The molecule has 0 atom stereocenters. The first-order valence-electron chi connectivity index (χ1n) is 8.44. The van der Waals surface area contributed by atoms with Crippen LogP contribution in [0.5, 0.6) is 0 Å². The third-order valence-corrected chi connectivity index (χ3v) is 6.32. The summed E-state index contributed by atoms with van der Waals surface area (Å²) in [6, 6.07) is 17.1. The van der Waals surface area contributed by atoms with Gasteiger partial charge in [0, 0.05) is 11.8 Å². The van der Waals surface area contributed by atoms with Crippen LogP contribution in [-0.4, -0.2) is 14.6 Å². The monoisotopic (exact) mass is 432 g/mol. The molecule has 1 N–H and O–H groups in total. The number of hydrogen-bond donors (Lipinski definition) is 1. The number of aliphatic imine (C=N–C) groups is 1. The molecule has 0 aliphatic heterocycles. The zero-order valence-corrected chi connectivity index (χ0v) is 17.6. The summed E-state index contributed by atoms with van der Waals surface area (Å²) in [5, 5.41) is 0.870. The quantitative estimate of drug-likeness (QED) is 0.490. The van der Waals surface area contributed by atoms with Crippen molar-refractivity contribution < 1.29 is 8.42 Å². The molecule has 0 aliphatic carbocycles. The summed E-state index contributed by atoms with van der Waals surface area (Å²) < 4.78 is 27.9. The van der Waals surface area contributed by atoms with Crippen molar-refractivity contribution >= 4 is 50.8 Å². The predicted octanol–water partition coefficient (Wildman–Crippen LogP) is 6.16. The van der Waals surface area contributed by atoms with Crippen molar-refractivity contribution in [2.24, 2.45) is 4.99 Å². The van der Waals surface area contributed by atoms with E-state index in [1.54, 1.807) is 42.6 Å². The SMILES string of the molecule is Cc1ccc(NS(=O)(=O)c2ccc(N=Cc3cccc(Cl)c3Cl)cc2)c(C)c1. The lowest BCUT2D eigenvalue weighted by Gasteiger charge is -2.11. The van der Waals surface area contributed by atoms with Crippen LogP contribution in [0.4, 0.5) is 11.4 Å². The minimum atomic E-state index is -3.69. The molecule has 0 radical (unpaired) electrons. The van der Waals surface area contributed by atoms with Gasteiger partial charge >= 0.3 is 0 Å². The van der Waals surface area contributed by atoms with Crippen LogP contribution in [0, 0.1) is 13.8 Å². The van der Waals surface area contributed by atoms with Crippen LogP contribution >= 0.6 is 23.2 Å². The molecular weight excluding hydrogens is 415 g/mol. The normalized spacial score (nSPS) is 11.7. The number of rotatable bonds is 5. The Kier molecular flexibility index (Phi) is 6.08. The molecule has 3 aromatic rings. The van der Waals surface area contributed by atoms with Gasteiger partial charge in [0.25, 0.3) is 10.0 Å². The van der Waals surface area contributed by atoms with E-state index in [-0.39, 0.29) is 4.90 Å². The zero-order valence-electron chi connectivity index (χ0n) is 15.3. The van der Waals surface area contributed by atoms with Crippen LogP contribution in [0.3, 0.4) is 0 Å². The van der Waals surface area contributed by atoms with Gasteiger partial charge in [-0.15, -0.1) is 0 Å². The van der Waals surface area contributed by atoms with E-state index in [0.717, 1.165) is 11.1 Å². The Morgan fingerprint density at radius 1 is 0.964 bits per heavy atom. The smallest absolute Gasteiger partial charge is 0.261 e. The second-order valence-electron chi connectivity index (χ2n) is 6.32. The molecule has 7 heteroatoms. The van der Waals surface area contributed by atoms with E-state index in [1.165, 1.54) is 12.1 Å². The van der Waals surface area contributed by atoms with Crippen molar-refractivity contribution in [3.05, 3.63) is 87.4 Å². The molecule has 0 amide bonds. The number of halogens is 2. The molecule has 3 rings (SSSR count). The summed E-state index contributed by atoms with van der Waals surface area (Å²) in [6.07, 6.45) is 1.59. The van der Waals surface area contributed by atoms with Crippen LogP contribution in [0.2, 0.25) is 10.0 Å². The molecule has 0 fully saturated rings. The van der Waals surface area contributed by atoms with Gasteiger partial charge in [0.05, 0.1) is 26.3 Å². The van der Waals surface area contributed by atoms with Crippen molar-refractivity contribution in [3.63, 3.8) is 0 Å². The lowest BCUT2D eigenvalue weighted by molar-refractivity contribution is 0.601. The Bertz CT molecular complexity index is 1140. The fourth-order valence-corrected chi connectivity index (χ4v) is 4.09. The Morgan fingerprint density at radius 2 is 1.68 bits per heavy atom.